The number of rotatable bonds is 10. The number of amides is 1. The fourth-order valence-corrected chi connectivity index (χ4v) is 2.81. The minimum Gasteiger partial charge on any atom is -0.482 e. The highest BCUT2D eigenvalue weighted by Crippen LogP contribution is 2.22. The second kappa shape index (κ2) is 10.5. The topological polar surface area (TPSA) is 94.8 Å². The summed E-state index contributed by atoms with van der Waals surface area (Å²) >= 11 is 0. The van der Waals surface area contributed by atoms with E-state index >= 15 is 0 Å². The van der Waals surface area contributed by atoms with Crippen molar-refractivity contribution in [1.82, 2.24) is 5.32 Å². The Hall–Kier alpha value is -2.83. The molecule has 1 aromatic carbocycles. The molecule has 1 amide bonds. The lowest BCUT2D eigenvalue weighted by atomic mass is 10.1. The highest BCUT2D eigenvalue weighted by atomic mass is 16.6. The number of unbranched alkanes of at least 4 members (excludes halogenated alkanes) is 2. The minimum atomic E-state index is -0.653. The summed E-state index contributed by atoms with van der Waals surface area (Å²) in [5.41, 5.74) is 0.732. The Kier molecular flexibility index (Phi) is 8.04. The van der Waals surface area contributed by atoms with Gasteiger partial charge >= 0.3 is 11.6 Å². The van der Waals surface area contributed by atoms with Gasteiger partial charge in [-0.1, -0.05) is 26.2 Å². The van der Waals surface area contributed by atoms with Gasteiger partial charge in [0.1, 0.15) is 11.3 Å². The van der Waals surface area contributed by atoms with E-state index in [0.29, 0.717) is 11.3 Å². The zero-order valence-corrected chi connectivity index (χ0v) is 16.6. The molecule has 2 rings (SSSR count). The summed E-state index contributed by atoms with van der Waals surface area (Å²) in [5.74, 6) is -0.618. The average molecular weight is 389 g/mol. The van der Waals surface area contributed by atoms with E-state index in [4.69, 9.17) is 13.9 Å². The molecular weight excluding hydrogens is 362 g/mol. The predicted molar refractivity (Wildman–Crippen MR) is 105 cm³/mol. The van der Waals surface area contributed by atoms with Crippen LogP contribution in [-0.2, 0) is 14.3 Å². The van der Waals surface area contributed by atoms with Crippen LogP contribution in [0, 0.1) is 6.92 Å². The van der Waals surface area contributed by atoms with Crippen LogP contribution < -0.4 is 15.7 Å². The van der Waals surface area contributed by atoms with Crippen molar-refractivity contribution in [2.24, 2.45) is 0 Å². The summed E-state index contributed by atoms with van der Waals surface area (Å²) in [5, 5.41) is 3.59. The number of aryl methyl sites for hydroxylation is 1. The van der Waals surface area contributed by atoms with Crippen LogP contribution >= 0.6 is 0 Å². The third-order valence-electron chi connectivity index (χ3n) is 4.29. The number of nitrogens with one attached hydrogen (secondary N) is 1. The van der Waals surface area contributed by atoms with Gasteiger partial charge < -0.3 is 19.2 Å². The van der Waals surface area contributed by atoms with Crippen LogP contribution in [0.2, 0.25) is 0 Å². The maximum atomic E-state index is 11.8. The van der Waals surface area contributed by atoms with Gasteiger partial charge in [0, 0.05) is 23.6 Å². The van der Waals surface area contributed by atoms with E-state index in [2.05, 4.69) is 12.2 Å². The van der Waals surface area contributed by atoms with Gasteiger partial charge in [0.25, 0.3) is 5.91 Å². The van der Waals surface area contributed by atoms with Crippen molar-refractivity contribution < 1.29 is 23.5 Å². The van der Waals surface area contributed by atoms with Crippen LogP contribution in [0.25, 0.3) is 11.0 Å². The first kappa shape index (κ1) is 21.5. The van der Waals surface area contributed by atoms with Crippen molar-refractivity contribution >= 4 is 22.8 Å². The SMILES string of the molecule is CCCCC[C@H](C)NC(=O)COC(=O)COc1ccc2c(C)cc(=O)oc2c1. The summed E-state index contributed by atoms with van der Waals surface area (Å²) < 4.78 is 15.4. The Labute approximate surface area is 164 Å². The standard InChI is InChI=1S/C21H27NO6/c1-4-5-6-7-15(3)22-19(23)12-27-21(25)13-26-16-8-9-17-14(2)10-20(24)28-18(17)11-16/h8-11,15H,4-7,12-13H2,1-3H3,(H,22,23)/t15-/m0/s1. The van der Waals surface area contributed by atoms with Gasteiger partial charge in [0.15, 0.2) is 13.2 Å². The van der Waals surface area contributed by atoms with Crippen LogP contribution in [0.1, 0.15) is 45.1 Å². The van der Waals surface area contributed by atoms with Gasteiger partial charge in [0.05, 0.1) is 0 Å². The third-order valence-corrected chi connectivity index (χ3v) is 4.29. The maximum Gasteiger partial charge on any atom is 0.344 e. The number of carbonyl (C=O) groups excluding carboxylic acids is 2. The van der Waals surface area contributed by atoms with E-state index in [1.807, 2.05) is 13.8 Å². The molecular formula is C21H27NO6. The molecule has 0 unspecified atom stereocenters. The summed E-state index contributed by atoms with van der Waals surface area (Å²) in [6, 6.07) is 6.43. The molecule has 0 spiro atoms. The monoisotopic (exact) mass is 389 g/mol. The lowest BCUT2D eigenvalue weighted by Gasteiger charge is -2.13. The van der Waals surface area contributed by atoms with Crippen LogP contribution in [0.5, 0.6) is 5.75 Å². The Morgan fingerprint density at radius 3 is 2.71 bits per heavy atom. The van der Waals surface area contributed by atoms with E-state index < -0.39 is 11.6 Å². The molecule has 7 heteroatoms. The zero-order valence-electron chi connectivity index (χ0n) is 16.6. The Balaban J connectivity index is 1.77. The molecule has 0 aliphatic heterocycles. The molecule has 1 atom stereocenters. The first-order chi connectivity index (χ1) is 13.4. The third kappa shape index (κ3) is 6.72. The fraction of sp³-hybridized carbons (Fsp3) is 0.476. The molecule has 0 fully saturated rings. The average Bonchev–Trinajstić information content (AvgIpc) is 2.64. The summed E-state index contributed by atoms with van der Waals surface area (Å²) in [6.07, 6.45) is 4.21. The smallest absolute Gasteiger partial charge is 0.344 e. The number of esters is 1. The van der Waals surface area contributed by atoms with Crippen molar-refractivity contribution in [2.45, 2.75) is 52.5 Å². The van der Waals surface area contributed by atoms with Crippen molar-refractivity contribution in [3.63, 3.8) is 0 Å². The van der Waals surface area contributed by atoms with Crippen LogP contribution in [0.4, 0.5) is 0 Å². The van der Waals surface area contributed by atoms with Gasteiger partial charge in [-0.2, -0.15) is 0 Å². The van der Waals surface area contributed by atoms with Crippen LogP contribution in [0.3, 0.4) is 0 Å². The number of fused-ring (bicyclic) bond motifs is 1. The van der Waals surface area contributed by atoms with Crippen LogP contribution in [0.15, 0.2) is 33.5 Å². The van der Waals surface area contributed by atoms with Crippen molar-refractivity contribution in [1.29, 1.82) is 0 Å². The summed E-state index contributed by atoms with van der Waals surface area (Å²) in [4.78, 5) is 35.1. The predicted octanol–water partition coefficient (Wildman–Crippen LogP) is 3.11. The molecule has 0 bridgehead atoms. The minimum absolute atomic E-state index is 0.0460. The van der Waals surface area contributed by atoms with Gasteiger partial charge in [-0.25, -0.2) is 9.59 Å². The molecule has 1 N–H and O–H groups in total. The fourth-order valence-electron chi connectivity index (χ4n) is 2.81. The molecule has 152 valence electrons. The largest absolute Gasteiger partial charge is 0.482 e. The Morgan fingerprint density at radius 2 is 1.96 bits per heavy atom. The summed E-state index contributed by atoms with van der Waals surface area (Å²) in [7, 11) is 0. The molecule has 2 aromatic rings. The second-order valence-electron chi connectivity index (χ2n) is 6.82. The first-order valence-corrected chi connectivity index (χ1v) is 9.51. The van der Waals surface area contributed by atoms with Crippen molar-refractivity contribution in [3.05, 3.63) is 40.2 Å². The highest BCUT2D eigenvalue weighted by molar-refractivity contribution is 5.82. The molecule has 0 aliphatic rings. The van der Waals surface area contributed by atoms with Gasteiger partial charge in [-0.15, -0.1) is 0 Å². The van der Waals surface area contributed by atoms with E-state index in [1.54, 1.807) is 18.2 Å². The molecule has 0 saturated heterocycles. The number of benzene rings is 1. The van der Waals surface area contributed by atoms with E-state index in [-0.39, 0.29) is 25.2 Å². The molecule has 1 aromatic heterocycles. The second-order valence-corrected chi connectivity index (χ2v) is 6.82. The van der Waals surface area contributed by atoms with Gasteiger partial charge in [-0.3, -0.25) is 4.79 Å². The van der Waals surface area contributed by atoms with Gasteiger partial charge in [0.2, 0.25) is 0 Å². The normalized spacial score (nSPS) is 11.8. The van der Waals surface area contributed by atoms with Crippen molar-refractivity contribution in [3.8, 4) is 5.75 Å². The lowest BCUT2D eigenvalue weighted by Crippen LogP contribution is -2.36. The molecule has 28 heavy (non-hydrogen) atoms. The molecule has 0 saturated carbocycles. The molecule has 1 heterocycles. The maximum absolute atomic E-state index is 11.8. The van der Waals surface area contributed by atoms with Crippen LogP contribution in [-0.4, -0.2) is 31.1 Å². The Bertz CT molecular complexity index is 873. The van der Waals surface area contributed by atoms with E-state index in [9.17, 15) is 14.4 Å². The van der Waals surface area contributed by atoms with Crippen molar-refractivity contribution in [2.75, 3.05) is 13.2 Å². The number of ether oxygens (including phenoxy) is 2. The Morgan fingerprint density at radius 1 is 1.18 bits per heavy atom. The van der Waals surface area contributed by atoms with E-state index in [0.717, 1.165) is 36.6 Å². The summed E-state index contributed by atoms with van der Waals surface area (Å²) in [6.45, 7) is 5.18. The number of hydrogen-bond acceptors (Lipinski definition) is 6. The first-order valence-electron chi connectivity index (χ1n) is 9.51. The number of hydrogen-bond donors (Lipinski definition) is 1. The molecule has 7 nitrogen and oxygen atoms in total. The zero-order chi connectivity index (χ0) is 20.5. The van der Waals surface area contributed by atoms with Gasteiger partial charge in [-0.05, 0) is 38.0 Å². The molecule has 0 radical (unpaired) electrons. The molecule has 0 aliphatic carbocycles. The quantitative estimate of drug-likeness (QED) is 0.381. The lowest BCUT2D eigenvalue weighted by molar-refractivity contribution is -0.150. The number of carbonyl (C=O) groups is 2. The highest BCUT2D eigenvalue weighted by Gasteiger charge is 2.11. The van der Waals surface area contributed by atoms with E-state index in [1.165, 1.54) is 6.07 Å².